The van der Waals surface area contributed by atoms with Crippen LogP contribution in [0.15, 0.2) is 188 Å². The van der Waals surface area contributed by atoms with Gasteiger partial charge in [-0.1, -0.05) is 152 Å². The average Bonchev–Trinajstić information content (AvgIpc) is 3.92. The molecule has 5 heteroatoms. The van der Waals surface area contributed by atoms with E-state index in [1.807, 2.05) is 24.3 Å². The molecule has 5 nitrogen and oxygen atoms in total. The summed E-state index contributed by atoms with van der Waals surface area (Å²) in [5.41, 5.74) is 12.2. The lowest BCUT2D eigenvalue weighted by molar-refractivity contribution is 1.07. The molecule has 0 radical (unpaired) electrons. The fraction of sp³-hybridized carbons (Fsp3) is 0. The summed E-state index contributed by atoms with van der Waals surface area (Å²) in [4.78, 5) is 15.3. The van der Waals surface area contributed by atoms with Crippen molar-refractivity contribution in [3.63, 3.8) is 0 Å². The van der Waals surface area contributed by atoms with E-state index in [-0.39, 0.29) is 0 Å². The summed E-state index contributed by atoms with van der Waals surface area (Å²) in [5.74, 6) is 1.90. The zero-order valence-electron chi connectivity index (χ0n) is 30.1. The Morgan fingerprint density at radius 2 is 0.768 bits per heavy atom. The number of fused-ring (bicyclic) bond motifs is 10. The Hall–Kier alpha value is -7.63. The van der Waals surface area contributed by atoms with Gasteiger partial charge < -0.3 is 8.97 Å². The predicted molar refractivity (Wildman–Crippen MR) is 231 cm³/mol. The van der Waals surface area contributed by atoms with Gasteiger partial charge in [-0.15, -0.1) is 0 Å². The van der Waals surface area contributed by atoms with E-state index in [1.165, 1.54) is 59.9 Å². The number of nitrogens with zero attached hydrogens (tertiary/aromatic N) is 5. The van der Waals surface area contributed by atoms with E-state index >= 15 is 0 Å². The number of rotatable bonds is 5. The van der Waals surface area contributed by atoms with Crippen LogP contribution in [0.3, 0.4) is 0 Å². The molecule has 0 fully saturated rings. The SMILES string of the molecule is c1ccc(-c2ccc(-c3nc(-c4ccccc4)nc(-c4cccc(-n5c6ccccc6c6cc7c8ccccc8n8c9ccccc9c(c65)c78)c4)n3)cc2)cc1. The van der Waals surface area contributed by atoms with Crippen LogP contribution >= 0.6 is 0 Å². The zero-order valence-corrected chi connectivity index (χ0v) is 30.1. The Labute approximate surface area is 321 Å². The monoisotopic (exact) mass is 713 g/mol. The van der Waals surface area contributed by atoms with E-state index in [2.05, 4.69) is 173 Å². The van der Waals surface area contributed by atoms with Gasteiger partial charge >= 0.3 is 0 Å². The second kappa shape index (κ2) is 11.9. The third-order valence-electron chi connectivity index (χ3n) is 11.3. The van der Waals surface area contributed by atoms with Crippen molar-refractivity contribution >= 4 is 59.9 Å². The Morgan fingerprint density at radius 3 is 1.46 bits per heavy atom. The molecule has 56 heavy (non-hydrogen) atoms. The Morgan fingerprint density at radius 1 is 0.304 bits per heavy atom. The predicted octanol–water partition coefficient (Wildman–Crippen LogP) is 12.8. The van der Waals surface area contributed by atoms with Crippen molar-refractivity contribution < 1.29 is 0 Å². The molecule has 0 aliphatic carbocycles. The quantitative estimate of drug-likeness (QED) is 0.178. The minimum atomic E-state index is 0.626. The molecular formula is C51H31N5. The largest absolute Gasteiger partial charge is 0.309 e. The molecule has 8 aromatic carbocycles. The molecule has 260 valence electrons. The molecule has 4 aromatic heterocycles. The minimum absolute atomic E-state index is 0.626. The number of aromatic nitrogens is 5. The van der Waals surface area contributed by atoms with Crippen molar-refractivity contribution in [2.75, 3.05) is 0 Å². The molecule has 4 heterocycles. The van der Waals surface area contributed by atoms with Crippen molar-refractivity contribution in [1.29, 1.82) is 0 Å². The number of hydrogen-bond acceptors (Lipinski definition) is 3. The lowest BCUT2D eigenvalue weighted by atomic mass is 10.0. The van der Waals surface area contributed by atoms with Gasteiger partial charge in [0.2, 0.25) is 0 Å². The summed E-state index contributed by atoms with van der Waals surface area (Å²) in [6.07, 6.45) is 0. The van der Waals surface area contributed by atoms with Crippen LogP contribution in [0, 0.1) is 0 Å². The molecule has 0 aliphatic rings. The van der Waals surface area contributed by atoms with Gasteiger partial charge in [-0.3, -0.25) is 0 Å². The minimum Gasteiger partial charge on any atom is -0.309 e. The molecule has 0 saturated heterocycles. The first-order valence-corrected chi connectivity index (χ1v) is 19.0. The molecule has 0 amide bonds. The third kappa shape index (κ3) is 4.52. The number of para-hydroxylation sites is 3. The van der Waals surface area contributed by atoms with Gasteiger partial charge in [0.1, 0.15) is 0 Å². The summed E-state index contributed by atoms with van der Waals surface area (Å²) in [6.45, 7) is 0. The van der Waals surface area contributed by atoms with Crippen LogP contribution < -0.4 is 0 Å². The van der Waals surface area contributed by atoms with Crippen molar-refractivity contribution in [3.8, 4) is 51.0 Å². The van der Waals surface area contributed by atoms with Crippen LogP contribution in [0.25, 0.3) is 111 Å². The summed E-state index contributed by atoms with van der Waals surface area (Å²) >= 11 is 0. The lowest BCUT2D eigenvalue weighted by Crippen LogP contribution is -2.01. The second-order valence-electron chi connectivity index (χ2n) is 14.4. The van der Waals surface area contributed by atoms with Crippen molar-refractivity contribution in [2.24, 2.45) is 0 Å². The summed E-state index contributed by atoms with van der Waals surface area (Å²) < 4.78 is 4.90. The van der Waals surface area contributed by atoms with E-state index < -0.39 is 0 Å². The van der Waals surface area contributed by atoms with Crippen LogP contribution in [-0.4, -0.2) is 23.9 Å². The van der Waals surface area contributed by atoms with Crippen molar-refractivity contribution in [2.45, 2.75) is 0 Å². The standard InChI is InChI=1S/C51H31N5/c1-3-14-32(15-4-1)33-26-28-35(29-27-33)50-52-49(34-16-5-2-6-17-34)53-51(54-50)36-18-13-19-37(30-36)55-43-23-10-7-20-38(43)41-31-42-39-21-8-11-24-44(39)56-45-25-12-9-22-40(45)46(47(41)55)48(42)56/h1-31H. The van der Waals surface area contributed by atoms with Gasteiger partial charge in [0.05, 0.1) is 27.6 Å². The van der Waals surface area contributed by atoms with E-state index in [0.717, 1.165) is 33.5 Å². The first-order chi connectivity index (χ1) is 27.8. The van der Waals surface area contributed by atoms with Gasteiger partial charge in [-0.2, -0.15) is 0 Å². The molecule has 0 aliphatic heterocycles. The van der Waals surface area contributed by atoms with Crippen LogP contribution in [-0.2, 0) is 0 Å². The highest BCUT2D eigenvalue weighted by molar-refractivity contribution is 6.34. The van der Waals surface area contributed by atoms with E-state index in [0.29, 0.717) is 17.5 Å². The van der Waals surface area contributed by atoms with Gasteiger partial charge in [0.25, 0.3) is 0 Å². The highest BCUT2D eigenvalue weighted by Gasteiger charge is 2.24. The third-order valence-corrected chi connectivity index (χ3v) is 11.3. The van der Waals surface area contributed by atoms with Gasteiger partial charge in [-0.05, 0) is 47.5 Å². The first kappa shape index (κ1) is 30.8. The van der Waals surface area contributed by atoms with Gasteiger partial charge in [0.15, 0.2) is 17.5 Å². The first-order valence-electron chi connectivity index (χ1n) is 19.0. The van der Waals surface area contributed by atoms with Crippen molar-refractivity contribution in [1.82, 2.24) is 23.9 Å². The van der Waals surface area contributed by atoms with Crippen LogP contribution in [0.5, 0.6) is 0 Å². The molecule has 0 atom stereocenters. The van der Waals surface area contributed by atoms with E-state index in [9.17, 15) is 0 Å². The molecule has 0 unspecified atom stereocenters. The molecule has 0 N–H and O–H groups in total. The van der Waals surface area contributed by atoms with Crippen LogP contribution in [0.4, 0.5) is 0 Å². The van der Waals surface area contributed by atoms with Gasteiger partial charge in [-0.25, -0.2) is 15.0 Å². The summed E-state index contributed by atoms with van der Waals surface area (Å²) in [7, 11) is 0. The maximum Gasteiger partial charge on any atom is 0.164 e. The average molecular weight is 714 g/mol. The topological polar surface area (TPSA) is 48.0 Å². The highest BCUT2D eigenvalue weighted by atomic mass is 15.0. The number of benzene rings is 8. The summed E-state index contributed by atoms with van der Waals surface area (Å²) in [6, 6.07) is 66.5. The smallest absolute Gasteiger partial charge is 0.164 e. The maximum atomic E-state index is 5.15. The Balaban J connectivity index is 1.10. The molecular weight excluding hydrogens is 683 g/mol. The van der Waals surface area contributed by atoms with Crippen LogP contribution in [0.1, 0.15) is 0 Å². The van der Waals surface area contributed by atoms with Gasteiger partial charge in [0, 0.05) is 54.7 Å². The molecule has 12 rings (SSSR count). The maximum absolute atomic E-state index is 5.15. The summed E-state index contributed by atoms with van der Waals surface area (Å²) in [5, 5.41) is 7.52. The zero-order chi connectivity index (χ0) is 36.7. The Kier molecular flexibility index (Phi) is 6.56. The Bertz CT molecular complexity index is 3450. The van der Waals surface area contributed by atoms with Crippen molar-refractivity contribution in [3.05, 3.63) is 188 Å². The molecule has 0 bridgehead atoms. The van der Waals surface area contributed by atoms with Crippen LogP contribution in [0.2, 0.25) is 0 Å². The highest BCUT2D eigenvalue weighted by Crippen LogP contribution is 2.46. The van der Waals surface area contributed by atoms with E-state index in [1.54, 1.807) is 0 Å². The normalized spacial score (nSPS) is 11.9. The second-order valence-corrected chi connectivity index (χ2v) is 14.4. The molecule has 12 aromatic rings. The number of hydrogen-bond donors (Lipinski definition) is 0. The fourth-order valence-electron chi connectivity index (χ4n) is 8.80. The van der Waals surface area contributed by atoms with E-state index in [4.69, 9.17) is 15.0 Å². The molecule has 0 saturated carbocycles. The lowest BCUT2D eigenvalue weighted by Gasteiger charge is -2.12. The fourth-order valence-corrected chi connectivity index (χ4v) is 8.80. The molecule has 0 spiro atoms.